The minimum atomic E-state index is 0.833. The molecule has 0 spiro atoms. The monoisotopic (exact) mass is 463 g/mol. The van der Waals surface area contributed by atoms with Crippen molar-refractivity contribution in [1.82, 2.24) is 0 Å². The molecular formula is C32H78. The van der Waals surface area contributed by atoms with Gasteiger partial charge in [0.25, 0.3) is 0 Å². The SMILES string of the molecule is C1CCC1.C1CCC1.C1CCC1.C1CCC1.CC.CC.CC.CC.CC.CC.CC(C)C. The van der Waals surface area contributed by atoms with Crippen molar-refractivity contribution in [1.29, 1.82) is 0 Å². The Bertz CT molecular complexity index is 92.7. The van der Waals surface area contributed by atoms with Crippen molar-refractivity contribution in [2.24, 2.45) is 5.92 Å². The Balaban J connectivity index is -0.0000000439. The Morgan fingerprint density at radius 1 is 0.219 bits per heavy atom. The summed E-state index contributed by atoms with van der Waals surface area (Å²) in [6.45, 7) is 30.5. The summed E-state index contributed by atoms with van der Waals surface area (Å²) in [4.78, 5) is 0. The van der Waals surface area contributed by atoms with Crippen molar-refractivity contribution < 1.29 is 0 Å². The Hall–Kier alpha value is 0. The quantitative estimate of drug-likeness (QED) is 0.335. The van der Waals surface area contributed by atoms with E-state index in [1.807, 2.05) is 83.1 Å². The van der Waals surface area contributed by atoms with Crippen molar-refractivity contribution in [3.05, 3.63) is 0 Å². The Morgan fingerprint density at radius 2 is 0.250 bits per heavy atom. The predicted molar refractivity (Wildman–Crippen MR) is 162 cm³/mol. The molecule has 0 aromatic rings. The van der Waals surface area contributed by atoms with Crippen LogP contribution in [0.1, 0.15) is 207 Å². The van der Waals surface area contributed by atoms with Gasteiger partial charge in [-0.3, -0.25) is 0 Å². The lowest BCUT2D eigenvalue weighted by Gasteiger charge is -2.05. The largest absolute Gasteiger partial charge is 0.0683 e. The molecule has 0 heterocycles. The molecule has 0 nitrogen and oxygen atoms in total. The molecular weight excluding hydrogens is 384 g/mol. The maximum atomic E-state index is 2.17. The third-order valence-electron chi connectivity index (χ3n) is 4.00. The van der Waals surface area contributed by atoms with Gasteiger partial charge in [0.2, 0.25) is 0 Å². The van der Waals surface area contributed by atoms with E-state index in [1.54, 1.807) is 0 Å². The Kier molecular flexibility index (Phi) is 119. The van der Waals surface area contributed by atoms with E-state index in [4.69, 9.17) is 0 Å². The van der Waals surface area contributed by atoms with Gasteiger partial charge < -0.3 is 0 Å². The third-order valence-corrected chi connectivity index (χ3v) is 4.00. The van der Waals surface area contributed by atoms with Gasteiger partial charge >= 0.3 is 0 Å². The van der Waals surface area contributed by atoms with E-state index >= 15 is 0 Å². The zero-order chi connectivity index (χ0) is 26.9. The van der Waals surface area contributed by atoms with Gasteiger partial charge in [-0.2, -0.15) is 0 Å². The lowest BCUT2D eigenvalue weighted by atomic mass is 10.0. The molecule has 0 radical (unpaired) electrons. The highest BCUT2D eigenvalue weighted by Gasteiger charge is 1.96. The number of rotatable bonds is 0. The Labute approximate surface area is 212 Å². The molecule has 0 aliphatic heterocycles. The van der Waals surface area contributed by atoms with E-state index in [1.165, 1.54) is 103 Å². The number of hydrogen-bond donors (Lipinski definition) is 0. The van der Waals surface area contributed by atoms with Gasteiger partial charge in [0.05, 0.1) is 0 Å². The lowest BCUT2D eigenvalue weighted by Crippen LogP contribution is -1.85. The standard InChI is InChI=1S/4C4H8.C4H10.6C2H6/c4*1-2-4-3-1;1-4(2)3;6*1-2/h4*1-4H2;4H,1-3H3;6*1-2H3. The molecule has 4 rings (SSSR count). The average Bonchev–Trinajstić information content (AvgIpc) is 2.65. The third kappa shape index (κ3) is 98.6. The van der Waals surface area contributed by atoms with Crippen molar-refractivity contribution in [3.8, 4) is 0 Å². The fourth-order valence-electron chi connectivity index (χ4n) is 1.000. The van der Waals surface area contributed by atoms with Crippen LogP contribution in [0.2, 0.25) is 0 Å². The van der Waals surface area contributed by atoms with E-state index < -0.39 is 0 Å². The fourth-order valence-corrected chi connectivity index (χ4v) is 1.000. The molecule has 4 aliphatic carbocycles. The van der Waals surface area contributed by atoms with Gasteiger partial charge in [0, 0.05) is 0 Å². The van der Waals surface area contributed by atoms with Gasteiger partial charge in [-0.25, -0.2) is 0 Å². The molecule has 0 aromatic heterocycles. The van der Waals surface area contributed by atoms with Crippen molar-refractivity contribution >= 4 is 0 Å². The van der Waals surface area contributed by atoms with Crippen LogP contribution < -0.4 is 0 Å². The summed E-state index contributed by atoms with van der Waals surface area (Å²) in [5, 5.41) is 0. The van der Waals surface area contributed by atoms with Crippen molar-refractivity contribution in [3.63, 3.8) is 0 Å². The molecule has 206 valence electrons. The normalized spacial score (nSPS) is 14.2. The smallest absolute Gasteiger partial charge is 0.0500 e. The van der Waals surface area contributed by atoms with E-state index in [2.05, 4.69) is 20.8 Å². The van der Waals surface area contributed by atoms with E-state index in [0.717, 1.165) is 5.92 Å². The van der Waals surface area contributed by atoms with E-state index in [9.17, 15) is 0 Å². The molecule has 0 amide bonds. The molecule has 0 aromatic carbocycles. The van der Waals surface area contributed by atoms with Crippen LogP contribution >= 0.6 is 0 Å². The van der Waals surface area contributed by atoms with E-state index in [0.29, 0.717) is 0 Å². The maximum Gasteiger partial charge on any atom is -0.0500 e. The molecule has 32 heavy (non-hydrogen) atoms. The summed E-state index contributed by atoms with van der Waals surface area (Å²) < 4.78 is 0. The summed E-state index contributed by atoms with van der Waals surface area (Å²) in [7, 11) is 0. The van der Waals surface area contributed by atoms with Crippen LogP contribution in [0.3, 0.4) is 0 Å². The van der Waals surface area contributed by atoms with Gasteiger partial charge in [0.15, 0.2) is 0 Å². The van der Waals surface area contributed by atoms with Crippen LogP contribution in [0.5, 0.6) is 0 Å². The van der Waals surface area contributed by atoms with Crippen LogP contribution in [-0.4, -0.2) is 0 Å². The summed E-state index contributed by atoms with van der Waals surface area (Å²) in [6, 6.07) is 0. The molecule has 0 heteroatoms. The molecule has 4 saturated carbocycles. The molecule has 0 atom stereocenters. The highest BCUT2D eigenvalue weighted by Crippen LogP contribution is 2.16. The van der Waals surface area contributed by atoms with Crippen molar-refractivity contribution in [2.45, 2.75) is 207 Å². The topological polar surface area (TPSA) is 0 Å². The van der Waals surface area contributed by atoms with Gasteiger partial charge in [-0.15, -0.1) is 0 Å². The van der Waals surface area contributed by atoms with Crippen LogP contribution in [0.15, 0.2) is 0 Å². The predicted octanol–water partition coefficient (Wildman–Crippen LogP) is 14.1. The zero-order valence-corrected chi connectivity index (χ0v) is 26.9. The summed E-state index contributed by atoms with van der Waals surface area (Å²) in [5.41, 5.74) is 0. The highest BCUT2D eigenvalue weighted by molar-refractivity contribution is 4.52. The Morgan fingerprint density at radius 3 is 0.250 bits per heavy atom. The van der Waals surface area contributed by atoms with Crippen LogP contribution in [0.4, 0.5) is 0 Å². The van der Waals surface area contributed by atoms with Gasteiger partial charge in [0.1, 0.15) is 0 Å². The second-order valence-corrected chi connectivity index (χ2v) is 7.39. The highest BCUT2D eigenvalue weighted by atomic mass is 14.0. The fraction of sp³-hybridized carbons (Fsp3) is 1.00. The van der Waals surface area contributed by atoms with Crippen molar-refractivity contribution in [2.75, 3.05) is 0 Å². The second kappa shape index (κ2) is 77.3. The second-order valence-electron chi connectivity index (χ2n) is 7.39. The molecule has 0 saturated heterocycles. The molecule has 0 N–H and O–H groups in total. The summed E-state index contributed by atoms with van der Waals surface area (Å²) in [5.74, 6) is 0.833. The molecule has 4 fully saturated rings. The summed E-state index contributed by atoms with van der Waals surface area (Å²) >= 11 is 0. The molecule has 0 unspecified atom stereocenters. The van der Waals surface area contributed by atoms with Crippen LogP contribution in [0, 0.1) is 5.92 Å². The average molecular weight is 463 g/mol. The minimum Gasteiger partial charge on any atom is -0.0683 e. The van der Waals surface area contributed by atoms with Gasteiger partial charge in [-0.1, -0.05) is 207 Å². The minimum absolute atomic E-state index is 0.833. The summed E-state index contributed by atoms with van der Waals surface area (Å²) in [6.07, 6.45) is 24.0. The lowest BCUT2D eigenvalue weighted by molar-refractivity contribution is 0.504. The van der Waals surface area contributed by atoms with Gasteiger partial charge in [-0.05, 0) is 5.92 Å². The molecule has 0 bridgehead atoms. The number of hydrogen-bond acceptors (Lipinski definition) is 0. The first-order chi connectivity index (χ1) is 15.7. The van der Waals surface area contributed by atoms with Crippen LogP contribution in [-0.2, 0) is 0 Å². The first-order valence-corrected chi connectivity index (χ1v) is 15.7. The first kappa shape index (κ1) is 49.2. The van der Waals surface area contributed by atoms with E-state index in [-0.39, 0.29) is 0 Å². The zero-order valence-electron chi connectivity index (χ0n) is 26.9. The maximum absolute atomic E-state index is 2.17. The molecule has 4 aliphatic rings. The van der Waals surface area contributed by atoms with Crippen LogP contribution in [0.25, 0.3) is 0 Å². The first-order valence-electron chi connectivity index (χ1n) is 15.7.